The van der Waals surface area contributed by atoms with Crippen molar-refractivity contribution < 1.29 is 9.90 Å². The van der Waals surface area contributed by atoms with E-state index in [4.69, 9.17) is 5.11 Å². The van der Waals surface area contributed by atoms with Crippen molar-refractivity contribution in [1.29, 1.82) is 0 Å². The Morgan fingerprint density at radius 1 is 1.50 bits per heavy atom. The number of hydrogen-bond donors (Lipinski definition) is 1. The highest BCUT2D eigenvalue weighted by Crippen LogP contribution is 2.17. The van der Waals surface area contributed by atoms with E-state index in [0.717, 1.165) is 32.5 Å². The predicted molar refractivity (Wildman–Crippen MR) is 73.7 cm³/mol. The summed E-state index contributed by atoms with van der Waals surface area (Å²) in [5.74, 6) is -0.0497. The van der Waals surface area contributed by atoms with Crippen molar-refractivity contribution in [2.24, 2.45) is 5.92 Å². The van der Waals surface area contributed by atoms with E-state index in [1.54, 1.807) is 6.08 Å². The van der Waals surface area contributed by atoms with Gasteiger partial charge in [-0.1, -0.05) is 19.9 Å². The van der Waals surface area contributed by atoms with Crippen molar-refractivity contribution >= 4 is 5.97 Å². The first kappa shape index (κ1) is 15.2. The number of rotatable bonds is 7. The second kappa shape index (κ2) is 7.54. The standard InChI is InChI=1S/C14H26N2O2/c1-4-7-16(11-14(17)18)13-5-8-15(9-6-13)10-12(2)3/h4,12-13H,1,5-11H2,2-3H3,(H,17,18). The molecule has 1 saturated heterocycles. The van der Waals surface area contributed by atoms with E-state index >= 15 is 0 Å². The first-order chi connectivity index (χ1) is 8.52. The normalized spacial score (nSPS) is 18.4. The molecule has 104 valence electrons. The van der Waals surface area contributed by atoms with E-state index in [2.05, 4.69) is 25.3 Å². The van der Waals surface area contributed by atoms with Crippen LogP contribution in [0.1, 0.15) is 26.7 Å². The summed E-state index contributed by atoms with van der Waals surface area (Å²) in [6.45, 7) is 12.3. The first-order valence-corrected chi connectivity index (χ1v) is 6.82. The molecule has 0 amide bonds. The predicted octanol–water partition coefficient (Wildman–Crippen LogP) is 1.68. The summed E-state index contributed by atoms with van der Waals surface area (Å²) in [5, 5.41) is 8.93. The molecule has 0 bridgehead atoms. The van der Waals surface area contributed by atoms with Crippen LogP contribution in [-0.4, -0.2) is 59.6 Å². The molecule has 1 aliphatic rings. The molecule has 1 fully saturated rings. The molecule has 0 unspecified atom stereocenters. The van der Waals surface area contributed by atoms with Crippen LogP contribution in [0.25, 0.3) is 0 Å². The Balaban J connectivity index is 2.42. The van der Waals surface area contributed by atoms with Gasteiger partial charge in [0.15, 0.2) is 0 Å². The third kappa shape index (κ3) is 5.19. The minimum Gasteiger partial charge on any atom is -0.480 e. The summed E-state index contributed by atoms with van der Waals surface area (Å²) in [6.07, 6.45) is 3.92. The topological polar surface area (TPSA) is 43.8 Å². The zero-order valence-electron chi connectivity index (χ0n) is 11.6. The molecule has 0 spiro atoms. The number of carbonyl (C=O) groups is 1. The Morgan fingerprint density at radius 2 is 2.11 bits per heavy atom. The van der Waals surface area contributed by atoms with Crippen molar-refractivity contribution in [2.45, 2.75) is 32.7 Å². The van der Waals surface area contributed by atoms with Gasteiger partial charge in [0.25, 0.3) is 0 Å². The van der Waals surface area contributed by atoms with Gasteiger partial charge in [-0.3, -0.25) is 9.69 Å². The summed E-state index contributed by atoms with van der Waals surface area (Å²) in [4.78, 5) is 15.4. The monoisotopic (exact) mass is 254 g/mol. The summed E-state index contributed by atoms with van der Waals surface area (Å²) in [7, 11) is 0. The zero-order valence-corrected chi connectivity index (χ0v) is 11.6. The van der Waals surface area contributed by atoms with Crippen molar-refractivity contribution in [2.75, 3.05) is 32.7 Å². The largest absolute Gasteiger partial charge is 0.480 e. The molecule has 0 saturated carbocycles. The second-order valence-corrected chi connectivity index (χ2v) is 5.54. The number of piperidine rings is 1. The fourth-order valence-corrected chi connectivity index (χ4v) is 2.67. The Kier molecular flexibility index (Phi) is 6.36. The summed E-state index contributed by atoms with van der Waals surface area (Å²) < 4.78 is 0. The van der Waals surface area contributed by atoms with Crippen molar-refractivity contribution in [3.05, 3.63) is 12.7 Å². The molecule has 1 heterocycles. The number of carboxylic acids is 1. The molecular formula is C14H26N2O2. The van der Waals surface area contributed by atoms with E-state index < -0.39 is 5.97 Å². The van der Waals surface area contributed by atoms with Crippen LogP contribution in [0.15, 0.2) is 12.7 Å². The number of likely N-dealkylation sites (tertiary alicyclic amines) is 1. The summed E-state index contributed by atoms with van der Waals surface area (Å²) in [5.41, 5.74) is 0. The maximum absolute atomic E-state index is 10.9. The SMILES string of the molecule is C=CCN(CC(=O)O)C1CCN(CC(C)C)CC1. The van der Waals surface area contributed by atoms with E-state index in [9.17, 15) is 4.79 Å². The average Bonchev–Trinajstić information content (AvgIpc) is 2.28. The molecule has 1 aliphatic heterocycles. The number of carboxylic acid groups (broad SMARTS) is 1. The smallest absolute Gasteiger partial charge is 0.317 e. The molecule has 0 radical (unpaired) electrons. The molecule has 4 nitrogen and oxygen atoms in total. The van der Waals surface area contributed by atoms with E-state index in [1.807, 2.05) is 4.90 Å². The molecular weight excluding hydrogens is 228 g/mol. The Labute approximate surface area is 110 Å². The lowest BCUT2D eigenvalue weighted by atomic mass is 10.0. The van der Waals surface area contributed by atoms with Crippen LogP contribution in [0.3, 0.4) is 0 Å². The fraction of sp³-hybridized carbons (Fsp3) is 0.786. The van der Waals surface area contributed by atoms with Gasteiger partial charge in [-0.2, -0.15) is 0 Å². The minimum atomic E-state index is -0.749. The molecule has 0 aromatic rings. The van der Waals surface area contributed by atoms with Crippen LogP contribution < -0.4 is 0 Å². The molecule has 4 heteroatoms. The van der Waals surface area contributed by atoms with Gasteiger partial charge >= 0.3 is 5.97 Å². The highest BCUT2D eigenvalue weighted by molar-refractivity contribution is 5.69. The van der Waals surface area contributed by atoms with E-state index in [0.29, 0.717) is 18.5 Å². The van der Waals surface area contributed by atoms with Gasteiger partial charge in [0.1, 0.15) is 0 Å². The molecule has 1 N–H and O–H groups in total. The van der Waals surface area contributed by atoms with Crippen molar-refractivity contribution in [3.8, 4) is 0 Å². The van der Waals surface area contributed by atoms with Gasteiger partial charge in [-0.05, 0) is 31.8 Å². The third-order valence-electron chi connectivity index (χ3n) is 3.40. The van der Waals surface area contributed by atoms with Crippen LogP contribution in [0, 0.1) is 5.92 Å². The zero-order chi connectivity index (χ0) is 13.5. The average molecular weight is 254 g/mol. The molecule has 1 rings (SSSR count). The second-order valence-electron chi connectivity index (χ2n) is 5.54. The molecule has 0 aromatic heterocycles. The van der Waals surface area contributed by atoms with Gasteiger partial charge in [0.2, 0.25) is 0 Å². The lowest BCUT2D eigenvalue weighted by Gasteiger charge is -2.38. The van der Waals surface area contributed by atoms with Crippen LogP contribution >= 0.6 is 0 Å². The molecule has 0 atom stereocenters. The third-order valence-corrected chi connectivity index (χ3v) is 3.40. The summed E-state index contributed by atoms with van der Waals surface area (Å²) in [6, 6.07) is 0.391. The van der Waals surface area contributed by atoms with Gasteiger partial charge < -0.3 is 10.0 Å². The first-order valence-electron chi connectivity index (χ1n) is 6.82. The number of hydrogen-bond acceptors (Lipinski definition) is 3. The van der Waals surface area contributed by atoms with Crippen LogP contribution in [0.2, 0.25) is 0 Å². The van der Waals surface area contributed by atoms with Crippen molar-refractivity contribution in [1.82, 2.24) is 9.80 Å². The van der Waals surface area contributed by atoms with Gasteiger partial charge in [-0.15, -0.1) is 6.58 Å². The molecule has 0 aromatic carbocycles. The maximum atomic E-state index is 10.9. The maximum Gasteiger partial charge on any atom is 0.317 e. The Morgan fingerprint density at radius 3 is 2.56 bits per heavy atom. The molecule has 18 heavy (non-hydrogen) atoms. The Hall–Kier alpha value is -0.870. The van der Waals surface area contributed by atoms with Crippen LogP contribution in [-0.2, 0) is 4.79 Å². The number of aliphatic carboxylic acids is 1. The van der Waals surface area contributed by atoms with E-state index in [1.165, 1.54) is 0 Å². The van der Waals surface area contributed by atoms with Gasteiger partial charge in [0.05, 0.1) is 6.54 Å². The summed E-state index contributed by atoms with van der Waals surface area (Å²) >= 11 is 0. The van der Waals surface area contributed by atoms with Crippen LogP contribution in [0.4, 0.5) is 0 Å². The fourth-order valence-electron chi connectivity index (χ4n) is 2.67. The lowest BCUT2D eigenvalue weighted by molar-refractivity contribution is -0.139. The highest BCUT2D eigenvalue weighted by atomic mass is 16.4. The van der Waals surface area contributed by atoms with Crippen LogP contribution in [0.5, 0.6) is 0 Å². The van der Waals surface area contributed by atoms with Gasteiger partial charge in [-0.25, -0.2) is 0 Å². The lowest BCUT2D eigenvalue weighted by Crippen LogP contribution is -2.47. The quantitative estimate of drug-likeness (QED) is 0.702. The highest BCUT2D eigenvalue weighted by Gasteiger charge is 2.25. The minimum absolute atomic E-state index is 0.126. The van der Waals surface area contributed by atoms with Crippen molar-refractivity contribution in [3.63, 3.8) is 0 Å². The number of nitrogens with zero attached hydrogens (tertiary/aromatic N) is 2. The molecule has 0 aliphatic carbocycles. The Bertz CT molecular complexity index is 271. The van der Waals surface area contributed by atoms with E-state index in [-0.39, 0.29) is 6.54 Å². The van der Waals surface area contributed by atoms with Gasteiger partial charge in [0, 0.05) is 19.1 Å².